The number of hydrogen-bond donors (Lipinski definition) is 2. The number of carbonyl (C=O) groups is 1. The summed E-state index contributed by atoms with van der Waals surface area (Å²) in [6.45, 7) is 3.45. The molecule has 4 nitrogen and oxygen atoms in total. The molecule has 0 saturated carbocycles. The van der Waals surface area contributed by atoms with Crippen LogP contribution in [0.4, 0.5) is 0 Å². The van der Waals surface area contributed by atoms with Crippen LogP contribution in [-0.2, 0) is 0 Å². The lowest BCUT2D eigenvalue weighted by Crippen LogP contribution is -2.15. The summed E-state index contributed by atoms with van der Waals surface area (Å²) < 4.78 is 0. The van der Waals surface area contributed by atoms with Crippen molar-refractivity contribution in [3.63, 3.8) is 0 Å². The van der Waals surface area contributed by atoms with Crippen molar-refractivity contribution in [2.75, 3.05) is 0 Å². The Morgan fingerprint density at radius 1 is 1.69 bits per heavy atom. The fourth-order valence-corrected chi connectivity index (χ4v) is 1.20. The number of aryl methyl sites for hydroxylation is 1. The Kier molecular flexibility index (Phi) is 2.63. The minimum atomic E-state index is -0.974. The standard InChI is InChI=1S/C9H12N2O2/c1-5-3-4-11-8(6(2)10)7(5)9(12)13/h3-4,6H,10H2,1-2H3,(H,12,13)/t6-/m1/s1. The van der Waals surface area contributed by atoms with Crippen molar-refractivity contribution >= 4 is 5.97 Å². The first-order chi connectivity index (χ1) is 6.04. The zero-order chi connectivity index (χ0) is 10.0. The predicted octanol–water partition coefficient (Wildman–Crippen LogP) is 1.11. The highest BCUT2D eigenvalue weighted by atomic mass is 16.4. The van der Waals surface area contributed by atoms with E-state index in [1.54, 1.807) is 26.1 Å². The maximum absolute atomic E-state index is 10.9. The van der Waals surface area contributed by atoms with Crippen LogP contribution in [0.25, 0.3) is 0 Å². The third-order valence-corrected chi connectivity index (χ3v) is 1.83. The Morgan fingerprint density at radius 2 is 2.31 bits per heavy atom. The van der Waals surface area contributed by atoms with E-state index in [0.29, 0.717) is 11.3 Å². The van der Waals surface area contributed by atoms with E-state index < -0.39 is 5.97 Å². The second-order valence-electron chi connectivity index (χ2n) is 2.98. The van der Waals surface area contributed by atoms with Gasteiger partial charge in [-0.1, -0.05) is 0 Å². The summed E-state index contributed by atoms with van der Waals surface area (Å²) in [6.07, 6.45) is 1.57. The van der Waals surface area contributed by atoms with Crippen molar-refractivity contribution in [2.45, 2.75) is 19.9 Å². The van der Waals surface area contributed by atoms with Gasteiger partial charge in [0, 0.05) is 12.2 Å². The zero-order valence-electron chi connectivity index (χ0n) is 7.61. The summed E-state index contributed by atoms with van der Waals surface area (Å²) in [4.78, 5) is 14.8. The van der Waals surface area contributed by atoms with E-state index in [2.05, 4.69) is 4.98 Å². The highest BCUT2D eigenvalue weighted by molar-refractivity contribution is 5.90. The maximum atomic E-state index is 10.9. The lowest BCUT2D eigenvalue weighted by molar-refractivity contribution is 0.0693. The topological polar surface area (TPSA) is 76.2 Å². The molecule has 3 N–H and O–H groups in total. The van der Waals surface area contributed by atoms with Crippen LogP contribution in [0.5, 0.6) is 0 Å². The van der Waals surface area contributed by atoms with Gasteiger partial charge in [0.15, 0.2) is 0 Å². The van der Waals surface area contributed by atoms with Gasteiger partial charge in [-0.15, -0.1) is 0 Å². The Balaban J connectivity index is 3.34. The van der Waals surface area contributed by atoms with Gasteiger partial charge < -0.3 is 10.8 Å². The molecule has 0 amide bonds. The van der Waals surface area contributed by atoms with Crippen LogP contribution >= 0.6 is 0 Å². The predicted molar refractivity (Wildman–Crippen MR) is 48.5 cm³/mol. The quantitative estimate of drug-likeness (QED) is 0.714. The Morgan fingerprint density at radius 3 is 2.69 bits per heavy atom. The van der Waals surface area contributed by atoms with Gasteiger partial charge >= 0.3 is 5.97 Å². The van der Waals surface area contributed by atoms with E-state index in [-0.39, 0.29) is 11.6 Å². The number of aromatic carboxylic acids is 1. The normalized spacial score (nSPS) is 12.5. The number of carboxylic acids is 1. The highest BCUT2D eigenvalue weighted by Gasteiger charge is 2.16. The first kappa shape index (κ1) is 9.67. The minimum absolute atomic E-state index is 0.220. The van der Waals surface area contributed by atoms with Crippen molar-refractivity contribution in [1.82, 2.24) is 4.98 Å². The summed E-state index contributed by atoms with van der Waals surface area (Å²) in [5, 5.41) is 8.90. The molecule has 0 aliphatic heterocycles. The Labute approximate surface area is 76.4 Å². The van der Waals surface area contributed by atoms with Gasteiger partial charge in [0.05, 0.1) is 11.3 Å². The molecular weight excluding hydrogens is 168 g/mol. The third kappa shape index (κ3) is 1.84. The average Bonchev–Trinajstić information content (AvgIpc) is 2.02. The molecule has 0 radical (unpaired) electrons. The molecule has 4 heteroatoms. The molecule has 1 atom stereocenters. The molecule has 0 aliphatic rings. The maximum Gasteiger partial charge on any atom is 0.337 e. The van der Waals surface area contributed by atoms with Crippen LogP contribution in [0.2, 0.25) is 0 Å². The molecule has 0 aromatic carbocycles. The molecule has 1 rings (SSSR count). The van der Waals surface area contributed by atoms with Gasteiger partial charge in [-0.2, -0.15) is 0 Å². The monoisotopic (exact) mass is 180 g/mol. The number of nitrogens with zero attached hydrogens (tertiary/aromatic N) is 1. The first-order valence-corrected chi connectivity index (χ1v) is 3.98. The molecule has 1 heterocycles. The fraction of sp³-hybridized carbons (Fsp3) is 0.333. The second kappa shape index (κ2) is 3.53. The number of aromatic nitrogens is 1. The minimum Gasteiger partial charge on any atom is -0.478 e. The first-order valence-electron chi connectivity index (χ1n) is 3.98. The smallest absolute Gasteiger partial charge is 0.337 e. The summed E-state index contributed by atoms with van der Waals surface area (Å²) >= 11 is 0. The van der Waals surface area contributed by atoms with Gasteiger partial charge in [0.2, 0.25) is 0 Å². The SMILES string of the molecule is Cc1ccnc([C@@H](C)N)c1C(=O)O. The molecule has 70 valence electrons. The third-order valence-electron chi connectivity index (χ3n) is 1.83. The van der Waals surface area contributed by atoms with E-state index in [0.717, 1.165) is 0 Å². The largest absolute Gasteiger partial charge is 0.478 e. The number of nitrogens with two attached hydrogens (primary N) is 1. The van der Waals surface area contributed by atoms with Gasteiger partial charge in [0.25, 0.3) is 0 Å². The average molecular weight is 180 g/mol. The van der Waals surface area contributed by atoms with Crippen LogP contribution in [0, 0.1) is 6.92 Å². The van der Waals surface area contributed by atoms with Gasteiger partial charge in [-0.25, -0.2) is 4.79 Å². The van der Waals surface area contributed by atoms with Gasteiger partial charge in [0.1, 0.15) is 0 Å². The van der Waals surface area contributed by atoms with Crippen molar-refractivity contribution in [2.24, 2.45) is 5.73 Å². The number of pyridine rings is 1. The molecule has 13 heavy (non-hydrogen) atoms. The van der Waals surface area contributed by atoms with Crippen molar-refractivity contribution in [3.8, 4) is 0 Å². The second-order valence-corrected chi connectivity index (χ2v) is 2.98. The molecule has 0 bridgehead atoms. The van der Waals surface area contributed by atoms with Crippen LogP contribution in [0.15, 0.2) is 12.3 Å². The van der Waals surface area contributed by atoms with E-state index in [1.165, 1.54) is 0 Å². The van der Waals surface area contributed by atoms with Gasteiger partial charge in [-0.3, -0.25) is 4.98 Å². The fourth-order valence-electron chi connectivity index (χ4n) is 1.20. The molecule has 0 spiro atoms. The highest BCUT2D eigenvalue weighted by Crippen LogP contribution is 2.16. The van der Waals surface area contributed by atoms with Crippen molar-refractivity contribution < 1.29 is 9.90 Å². The molecular formula is C9H12N2O2. The van der Waals surface area contributed by atoms with E-state index >= 15 is 0 Å². The van der Waals surface area contributed by atoms with Crippen LogP contribution in [-0.4, -0.2) is 16.1 Å². The van der Waals surface area contributed by atoms with Crippen LogP contribution in [0.3, 0.4) is 0 Å². The molecule has 0 fully saturated rings. The molecule has 0 saturated heterocycles. The van der Waals surface area contributed by atoms with E-state index in [4.69, 9.17) is 10.8 Å². The molecule has 1 aromatic heterocycles. The summed E-state index contributed by atoms with van der Waals surface area (Å²) in [5.74, 6) is -0.974. The van der Waals surface area contributed by atoms with E-state index in [9.17, 15) is 4.79 Å². The lowest BCUT2D eigenvalue weighted by atomic mass is 10.0. The van der Waals surface area contributed by atoms with E-state index in [1.807, 2.05) is 0 Å². The number of carboxylic acid groups (broad SMARTS) is 1. The van der Waals surface area contributed by atoms with Crippen LogP contribution < -0.4 is 5.73 Å². The van der Waals surface area contributed by atoms with Crippen molar-refractivity contribution in [1.29, 1.82) is 0 Å². The Hall–Kier alpha value is -1.42. The molecule has 0 aliphatic carbocycles. The Bertz CT molecular complexity index is 334. The van der Waals surface area contributed by atoms with Crippen molar-refractivity contribution in [3.05, 3.63) is 29.1 Å². The van der Waals surface area contributed by atoms with Crippen LogP contribution in [0.1, 0.15) is 34.6 Å². The summed E-state index contributed by atoms with van der Waals surface area (Å²) in [6, 6.07) is 1.31. The number of rotatable bonds is 2. The zero-order valence-corrected chi connectivity index (χ0v) is 7.61. The van der Waals surface area contributed by atoms with Gasteiger partial charge in [-0.05, 0) is 25.5 Å². The number of hydrogen-bond acceptors (Lipinski definition) is 3. The summed E-state index contributed by atoms with van der Waals surface area (Å²) in [5.41, 5.74) is 6.94. The molecule has 1 aromatic rings. The summed E-state index contributed by atoms with van der Waals surface area (Å²) in [7, 11) is 0. The lowest BCUT2D eigenvalue weighted by Gasteiger charge is -2.09. The molecule has 0 unspecified atom stereocenters.